The van der Waals surface area contributed by atoms with E-state index in [-0.39, 0.29) is 0 Å². The second-order valence-corrected chi connectivity index (χ2v) is 14.4. The van der Waals surface area contributed by atoms with E-state index in [9.17, 15) is 0 Å². The summed E-state index contributed by atoms with van der Waals surface area (Å²) in [5, 5.41) is 15.3. The van der Waals surface area contributed by atoms with Crippen molar-refractivity contribution in [3.05, 3.63) is 206 Å². The maximum absolute atomic E-state index is 2.40. The number of hydrogen-bond acceptors (Lipinski definition) is 0. The van der Waals surface area contributed by atoms with Gasteiger partial charge in [0.2, 0.25) is 0 Å². The summed E-state index contributed by atoms with van der Waals surface area (Å²) in [6.45, 7) is 0. The Morgan fingerprint density at radius 3 is 1.35 bits per heavy atom. The highest BCUT2D eigenvalue weighted by atomic mass is 14.2. The van der Waals surface area contributed by atoms with Gasteiger partial charge in [-0.3, -0.25) is 0 Å². The van der Waals surface area contributed by atoms with Gasteiger partial charge in [0, 0.05) is 0 Å². The molecule has 0 unspecified atom stereocenters. The molecule has 0 saturated heterocycles. The van der Waals surface area contributed by atoms with Crippen LogP contribution in [0.4, 0.5) is 0 Å². The average molecular weight is 683 g/mol. The first-order chi connectivity index (χ1) is 26.8. The molecule has 250 valence electrons. The minimum Gasteiger partial charge on any atom is -0.0616 e. The van der Waals surface area contributed by atoms with Crippen LogP contribution in [0.15, 0.2) is 206 Å². The van der Waals surface area contributed by atoms with Crippen molar-refractivity contribution >= 4 is 64.6 Å². The Hall–Kier alpha value is -7.02. The summed E-state index contributed by atoms with van der Waals surface area (Å²) < 4.78 is 0. The zero-order valence-electron chi connectivity index (χ0n) is 29.6. The summed E-state index contributed by atoms with van der Waals surface area (Å²) >= 11 is 0. The molecular weight excluding hydrogens is 649 g/mol. The van der Waals surface area contributed by atoms with Gasteiger partial charge < -0.3 is 0 Å². The lowest BCUT2D eigenvalue weighted by atomic mass is 9.84. The second-order valence-electron chi connectivity index (χ2n) is 14.4. The van der Waals surface area contributed by atoms with Crippen molar-refractivity contribution in [2.45, 2.75) is 0 Å². The number of hydrogen-bond donors (Lipinski definition) is 0. The Kier molecular flexibility index (Phi) is 6.97. The highest BCUT2D eigenvalue weighted by Gasteiger charge is 2.18. The quantitative estimate of drug-likeness (QED) is 0.128. The molecule has 0 aliphatic rings. The van der Waals surface area contributed by atoms with Gasteiger partial charge in [-0.25, -0.2) is 0 Å². The number of benzene rings is 11. The van der Waals surface area contributed by atoms with Gasteiger partial charge in [-0.2, -0.15) is 0 Å². The van der Waals surface area contributed by atoms with Gasteiger partial charge in [-0.1, -0.05) is 194 Å². The Morgan fingerprint density at radius 2 is 0.667 bits per heavy atom. The summed E-state index contributed by atoms with van der Waals surface area (Å²) in [7, 11) is 0. The maximum atomic E-state index is 2.40. The molecule has 0 radical (unpaired) electrons. The van der Waals surface area contributed by atoms with E-state index in [2.05, 4.69) is 206 Å². The van der Waals surface area contributed by atoms with E-state index in [0.29, 0.717) is 0 Å². The highest BCUT2D eigenvalue weighted by molar-refractivity contribution is 6.24. The van der Waals surface area contributed by atoms with Crippen LogP contribution in [0.3, 0.4) is 0 Å². The molecular formula is C54H34. The van der Waals surface area contributed by atoms with Gasteiger partial charge in [0.1, 0.15) is 0 Å². The lowest BCUT2D eigenvalue weighted by Gasteiger charge is -2.19. The minimum atomic E-state index is 1.22. The second kappa shape index (κ2) is 12.3. The van der Waals surface area contributed by atoms with Gasteiger partial charge in [0.25, 0.3) is 0 Å². The molecule has 0 atom stereocenters. The van der Waals surface area contributed by atoms with Gasteiger partial charge in [-0.15, -0.1) is 0 Å². The van der Waals surface area contributed by atoms with Crippen molar-refractivity contribution in [3.63, 3.8) is 0 Å². The molecule has 0 aliphatic heterocycles. The van der Waals surface area contributed by atoms with Crippen LogP contribution in [-0.4, -0.2) is 0 Å². The minimum absolute atomic E-state index is 1.22. The zero-order chi connectivity index (χ0) is 35.6. The van der Waals surface area contributed by atoms with E-state index in [4.69, 9.17) is 0 Å². The zero-order valence-corrected chi connectivity index (χ0v) is 29.6. The fourth-order valence-electron chi connectivity index (χ4n) is 9.00. The predicted molar refractivity (Wildman–Crippen MR) is 233 cm³/mol. The van der Waals surface area contributed by atoms with Crippen LogP contribution < -0.4 is 0 Å². The van der Waals surface area contributed by atoms with E-state index >= 15 is 0 Å². The van der Waals surface area contributed by atoms with Crippen molar-refractivity contribution in [2.24, 2.45) is 0 Å². The summed E-state index contributed by atoms with van der Waals surface area (Å²) in [5.74, 6) is 0. The number of rotatable bonds is 4. The first-order valence-electron chi connectivity index (χ1n) is 18.8. The monoisotopic (exact) mass is 682 g/mol. The van der Waals surface area contributed by atoms with Gasteiger partial charge in [0.05, 0.1) is 0 Å². The van der Waals surface area contributed by atoms with Crippen molar-refractivity contribution in [1.29, 1.82) is 0 Å². The summed E-state index contributed by atoms with van der Waals surface area (Å²) in [4.78, 5) is 0. The third kappa shape index (κ3) is 4.78. The SMILES string of the molecule is c1cc(-c2c3ccccc3c(-c3ccc(-c4cccc5ccccc45)cc3)c3ccccc23)cc(-c2cc3ccc4ccccc4c3c3ccccc23)c1. The van der Waals surface area contributed by atoms with E-state index < -0.39 is 0 Å². The van der Waals surface area contributed by atoms with Crippen LogP contribution >= 0.6 is 0 Å². The van der Waals surface area contributed by atoms with Crippen molar-refractivity contribution in [3.8, 4) is 44.5 Å². The van der Waals surface area contributed by atoms with Gasteiger partial charge >= 0.3 is 0 Å². The fraction of sp³-hybridized carbons (Fsp3) is 0. The molecule has 0 nitrogen and oxygen atoms in total. The molecule has 11 aromatic rings. The lowest BCUT2D eigenvalue weighted by molar-refractivity contribution is 1.63. The normalized spacial score (nSPS) is 11.7. The largest absolute Gasteiger partial charge is 0.0616 e. The van der Waals surface area contributed by atoms with Crippen molar-refractivity contribution in [1.82, 2.24) is 0 Å². The third-order valence-corrected chi connectivity index (χ3v) is 11.4. The molecule has 0 aliphatic carbocycles. The molecule has 54 heavy (non-hydrogen) atoms. The van der Waals surface area contributed by atoms with Gasteiger partial charge in [0.15, 0.2) is 0 Å². The topological polar surface area (TPSA) is 0 Å². The maximum Gasteiger partial charge on any atom is -0.00262 e. The van der Waals surface area contributed by atoms with E-state index in [1.54, 1.807) is 0 Å². The molecule has 0 fully saturated rings. The first kappa shape index (κ1) is 30.6. The molecule has 11 aromatic carbocycles. The van der Waals surface area contributed by atoms with Crippen LogP contribution in [0.2, 0.25) is 0 Å². The summed E-state index contributed by atoms with van der Waals surface area (Å²) in [6, 6.07) is 76.1. The molecule has 11 rings (SSSR count). The third-order valence-electron chi connectivity index (χ3n) is 11.4. The molecule has 0 amide bonds. The van der Waals surface area contributed by atoms with E-state index in [1.165, 1.54) is 109 Å². The molecule has 0 heteroatoms. The number of fused-ring (bicyclic) bond motifs is 8. The van der Waals surface area contributed by atoms with E-state index in [1.807, 2.05) is 0 Å². The van der Waals surface area contributed by atoms with Crippen LogP contribution in [0.5, 0.6) is 0 Å². The molecule has 0 N–H and O–H groups in total. The van der Waals surface area contributed by atoms with E-state index in [0.717, 1.165) is 0 Å². The lowest BCUT2D eigenvalue weighted by Crippen LogP contribution is -1.92. The Morgan fingerprint density at radius 1 is 0.204 bits per heavy atom. The fourth-order valence-corrected chi connectivity index (χ4v) is 9.00. The summed E-state index contributed by atoms with van der Waals surface area (Å²) in [6.07, 6.45) is 0. The average Bonchev–Trinajstić information content (AvgIpc) is 3.25. The molecule has 0 bridgehead atoms. The smallest absolute Gasteiger partial charge is 0.00262 e. The van der Waals surface area contributed by atoms with Gasteiger partial charge in [-0.05, 0) is 121 Å². The van der Waals surface area contributed by atoms with Crippen LogP contribution in [0.25, 0.3) is 109 Å². The van der Waals surface area contributed by atoms with Crippen LogP contribution in [-0.2, 0) is 0 Å². The van der Waals surface area contributed by atoms with Crippen LogP contribution in [0, 0.1) is 0 Å². The first-order valence-corrected chi connectivity index (χ1v) is 18.8. The highest BCUT2D eigenvalue weighted by Crippen LogP contribution is 2.45. The molecule has 0 saturated carbocycles. The standard InChI is InChI=1S/C54H34/c1-3-18-42-35(13-1)15-12-26-43(42)37-27-30-38(31-28-37)52-47-22-7-9-24-49(47)54(50-25-10-8-23-48(50)52)40-17-11-16-39(33-40)51-34-41-32-29-36-14-2-4-19-44(36)53(41)46-21-6-5-20-45(46)51/h1-34H. The predicted octanol–water partition coefficient (Wildman–Crippen LogP) is 15.3. The Bertz CT molecular complexity index is 3190. The van der Waals surface area contributed by atoms with Crippen molar-refractivity contribution in [2.75, 3.05) is 0 Å². The van der Waals surface area contributed by atoms with Crippen LogP contribution in [0.1, 0.15) is 0 Å². The van der Waals surface area contributed by atoms with Crippen molar-refractivity contribution < 1.29 is 0 Å². The molecule has 0 spiro atoms. The molecule has 0 aromatic heterocycles. The summed E-state index contributed by atoms with van der Waals surface area (Å²) in [5.41, 5.74) is 9.96. The Balaban J connectivity index is 1.10. The molecule has 0 heterocycles. The Labute approximate surface area is 314 Å².